The summed E-state index contributed by atoms with van der Waals surface area (Å²) in [6.07, 6.45) is 0. The molecule has 0 unspecified atom stereocenters. The van der Waals surface area contributed by atoms with Gasteiger partial charge in [0.1, 0.15) is 5.54 Å². The van der Waals surface area contributed by atoms with Crippen LogP contribution in [0.25, 0.3) is 0 Å². The number of rotatable bonds is 4. The molecule has 0 aliphatic heterocycles. The molecular formula is C10H14BrNO4S2. The molecule has 0 aliphatic rings. The van der Waals surface area contributed by atoms with E-state index in [2.05, 4.69) is 15.9 Å². The summed E-state index contributed by atoms with van der Waals surface area (Å²) >= 11 is 4.52. The van der Waals surface area contributed by atoms with Crippen molar-refractivity contribution >= 4 is 43.3 Å². The lowest BCUT2D eigenvalue weighted by Crippen LogP contribution is -2.50. The summed E-state index contributed by atoms with van der Waals surface area (Å²) in [5.41, 5.74) is -1.50. The fraction of sp³-hybridized carbons (Fsp3) is 0.500. The summed E-state index contributed by atoms with van der Waals surface area (Å²) in [5, 5.41) is 9.08. The minimum atomic E-state index is -3.82. The van der Waals surface area contributed by atoms with Crippen molar-refractivity contribution in [1.29, 1.82) is 0 Å². The number of aliphatic carboxylic acids is 1. The largest absolute Gasteiger partial charge is 0.480 e. The predicted octanol–water partition coefficient (Wildman–Crippen LogP) is 2.30. The zero-order valence-electron chi connectivity index (χ0n) is 10.4. The molecule has 1 rings (SSSR count). The smallest absolute Gasteiger partial charge is 0.324 e. The third-order valence-corrected chi connectivity index (χ3v) is 6.63. The number of hydrogen-bond donors (Lipinski definition) is 1. The molecule has 5 nitrogen and oxygen atoms in total. The van der Waals surface area contributed by atoms with Gasteiger partial charge in [-0.15, -0.1) is 11.3 Å². The molecule has 0 radical (unpaired) electrons. The second-order valence-corrected chi connectivity index (χ2v) is 8.88. The zero-order chi connectivity index (χ0) is 14.3. The molecule has 0 atom stereocenters. The monoisotopic (exact) mass is 355 g/mol. The first-order valence-corrected chi connectivity index (χ1v) is 8.04. The van der Waals surface area contributed by atoms with Gasteiger partial charge >= 0.3 is 5.97 Å². The van der Waals surface area contributed by atoms with E-state index in [4.69, 9.17) is 5.11 Å². The molecule has 1 heterocycles. The van der Waals surface area contributed by atoms with Gasteiger partial charge in [0, 0.05) is 11.9 Å². The van der Waals surface area contributed by atoms with Crippen LogP contribution in [0.5, 0.6) is 0 Å². The topological polar surface area (TPSA) is 74.7 Å². The van der Waals surface area contributed by atoms with Gasteiger partial charge in [-0.2, -0.15) is 4.31 Å². The van der Waals surface area contributed by atoms with Crippen molar-refractivity contribution in [1.82, 2.24) is 4.31 Å². The van der Waals surface area contributed by atoms with Crippen molar-refractivity contribution in [3.63, 3.8) is 0 Å². The van der Waals surface area contributed by atoms with Crippen molar-refractivity contribution < 1.29 is 18.3 Å². The summed E-state index contributed by atoms with van der Waals surface area (Å²) < 4.78 is 26.3. The first kappa shape index (κ1) is 15.6. The Hall–Kier alpha value is -0.440. The molecule has 0 saturated heterocycles. The maximum atomic E-state index is 12.4. The van der Waals surface area contributed by atoms with Gasteiger partial charge in [0.05, 0.1) is 8.68 Å². The molecule has 1 aromatic rings. The number of nitrogens with zero attached hydrogens (tertiary/aromatic N) is 1. The van der Waals surface area contributed by atoms with Crippen molar-refractivity contribution in [2.45, 2.75) is 31.2 Å². The highest BCUT2D eigenvalue weighted by atomic mass is 79.9. The van der Waals surface area contributed by atoms with Crippen LogP contribution in [-0.2, 0) is 14.8 Å². The number of thiophene rings is 1. The number of carbonyl (C=O) groups is 1. The number of halogens is 1. The molecule has 1 aromatic heterocycles. The van der Waals surface area contributed by atoms with Crippen molar-refractivity contribution in [3.05, 3.63) is 14.7 Å². The average molecular weight is 356 g/mol. The number of aryl methyl sites for hydroxylation is 1. The Bertz CT molecular complexity index is 577. The van der Waals surface area contributed by atoms with Crippen LogP contribution in [0.4, 0.5) is 0 Å². The second-order valence-electron chi connectivity index (χ2n) is 4.31. The summed E-state index contributed by atoms with van der Waals surface area (Å²) in [6, 6.07) is 1.49. The normalized spacial score (nSPS) is 13.0. The minimum absolute atomic E-state index is 0.135. The Balaban J connectivity index is 3.32. The van der Waals surface area contributed by atoms with Crippen molar-refractivity contribution in [2.24, 2.45) is 0 Å². The van der Waals surface area contributed by atoms with Crippen LogP contribution in [0.1, 0.15) is 18.7 Å². The van der Waals surface area contributed by atoms with Crippen molar-refractivity contribution in [2.75, 3.05) is 7.05 Å². The van der Waals surface area contributed by atoms with Gasteiger partial charge in [0.15, 0.2) is 0 Å². The van der Waals surface area contributed by atoms with Crippen molar-refractivity contribution in [3.8, 4) is 0 Å². The first-order valence-electron chi connectivity index (χ1n) is 4.99. The molecule has 0 aromatic carbocycles. The third-order valence-electron chi connectivity index (χ3n) is 2.79. The van der Waals surface area contributed by atoms with E-state index in [9.17, 15) is 13.2 Å². The van der Waals surface area contributed by atoms with Crippen LogP contribution in [-0.4, -0.2) is 36.4 Å². The number of likely N-dealkylation sites (N-methyl/N-ethyl adjacent to an activating group) is 1. The van der Waals surface area contributed by atoms with E-state index >= 15 is 0 Å². The fourth-order valence-electron chi connectivity index (χ4n) is 1.27. The fourth-order valence-corrected chi connectivity index (χ4v) is 5.13. The summed E-state index contributed by atoms with van der Waals surface area (Å²) in [7, 11) is -2.55. The molecule has 8 heteroatoms. The molecule has 0 fully saturated rings. The summed E-state index contributed by atoms with van der Waals surface area (Å²) in [6.45, 7) is 4.39. The van der Waals surface area contributed by atoms with Crippen LogP contribution in [0, 0.1) is 6.92 Å². The van der Waals surface area contributed by atoms with Gasteiger partial charge < -0.3 is 5.11 Å². The zero-order valence-corrected chi connectivity index (χ0v) is 13.6. The van der Waals surface area contributed by atoms with Gasteiger partial charge in [-0.25, -0.2) is 8.42 Å². The highest BCUT2D eigenvalue weighted by molar-refractivity contribution is 9.11. The lowest BCUT2D eigenvalue weighted by atomic mass is 10.1. The first-order chi connectivity index (χ1) is 8.01. The van der Waals surface area contributed by atoms with E-state index in [0.29, 0.717) is 8.66 Å². The van der Waals surface area contributed by atoms with E-state index in [0.717, 1.165) is 4.31 Å². The molecule has 102 valence electrons. The molecule has 0 saturated carbocycles. The Morgan fingerprint density at radius 1 is 1.50 bits per heavy atom. The Labute approximate surface area is 119 Å². The molecule has 1 N–H and O–H groups in total. The lowest BCUT2D eigenvalue weighted by molar-refractivity contribution is -0.145. The molecule has 0 bridgehead atoms. The Morgan fingerprint density at radius 3 is 2.33 bits per heavy atom. The predicted molar refractivity (Wildman–Crippen MR) is 73.4 cm³/mol. The van der Waals surface area contributed by atoms with E-state index in [1.807, 2.05) is 0 Å². The van der Waals surface area contributed by atoms with Gasteiger partial charge in [-0.1, -0.05) is 0 Å². The number of hydrogen-bond acceptors (Lipinski definition) is 4. The van der Waals surface area contributed by atoms with Gasteiger partial charge in [0.25, 0.3) is 0 Å². The van der Waals surface area contributed by atoms with E-state index in [-0.39, 0.29) is 4.90 Å². The number of sulfonamides is 1. The average Bonchev–Trinajstić information content (AvgIpc) is 2.57. The third kappa shape index (κ3) is 2.61. The summed E-state index contributed by atoms with van der Waals surface area (Å²) in [4.78, 5) is 11.9. The van der Waals surface area contributed by atoms with E-state index in [1.165, 1.54) is 38.3 Å². The van der Waals surface area contributed by atoms with Crippen LogP contribution in [0.15, 0.2) is 14.7 Å². The highest BCUT2D eigenvalue weighted by Gasteiger charge is 2.40. The maximum Gasteiger partial charge on any atom is 0.324 e. The van der Waals surface area contributed by atoms with Crippen LogP contribution < -0.4 is 0 Å². The Kier molecular flexibility index (Phi) is 4.26. The van der Waals surface area contributed by atoms with Gasteiger partial charge in [-0.3, -0.25) is 4.79 Å². The number of carboxylic acid groups (broad SMARTS) is 1. The van der Waals surface area contributed by atoms with Crippen LogP contribution in [0.3, 0.4) is 0 Å². The maximum absolute atomic E-state index is 12.4. The van der Waals surface area contributed by atoms with E-state index in [1.54, 1.807) is 6.92 Å². The number of carboxylic acids is 1. The molecule has 0 amide bonds. The Morgan fingerprint density at radius 2 is 2.00 bits per heavy atom. The van der Waals surface area contributed by atoms with Crippen LogP contribution in [0.2, 0.25) is 0 Å². The molecule has 0 aliphatic carbocycles. The minimum Gasteiger partial charge on any atom is -0.480 e. The van der Waals surface area contributed by atoms with E-state index < -0.39 is 21.5 Å². The van der Waals surface area contributed by atoms with Gasteiger partial charge in [0.2, 0.25) is 10.0 Å². The molecule has 0 spiro atoms. The quantitative estimate of drug-likeness (QED) is 0.898. The van der Waals surface area contributed by atoms with Crippen LogP contribution >= 0.6 is 27.3 Å². The molecular weight excluding hydrogens is 342 g/mol. The second kappa shape index (κ2) is 4.92. The summed E-state index contributed by atoms with van der Waals surface area (Å²) in [5.74, 6) is -1.19. The lowest BCUT2D eigenvalue weighted by Gasteiger charge is -2.30. The highest BCUT2D eigenvalue weighted by Crippen LogP contribution is 2.33. The van der Waals surface area contributed by atoms with Gasteiger partial charge in [-0.05, 0) is 42.8 Å². The standard InChI is InChI=1S/C10H14BrNO4S2/c1-6-7(5-8(11)17-6)18(15,16)12(4)10(2,3)9(13)14/h5H,1-4H3,(H,13,14). The molecule has 18 heavy (non-hydrogen) atoms. The SMILES string of the molecule is Cc1sc(Br)cc1S(=O)(=O)N(C)C(C)(C)C(=O)O.